The molecule has 1 aliphatic carbocycles. The maximum atomic E-state index is 6.09. The molecule has 0 aliphatic heterocycles. The van der Waals surface area contributed by atoms with Crippen molar-refractivity contribution in [1.82, 2.24) is 9.78 Å². The average Bonchev–Trinajstić information content (AvgIpc) is 2.89. The molecule has 1 aromatic heterocycles. The lowest BCUT2D eigenvalue weighted by molar-refractivity contribution is 0.609. The van der Waals surface area contributed by atoms with Gasteiger partial charge in [-0.2, -0.15) is 5.10 Å². The number of rotatable bonds is 4. The second kappa shape index (κ2) is 4.00. The summed E-state index contributed by atoms with van der Waals surface area (Å²) in [7, 11) is 0. The fourth-order valence-electron chi connectivity index (χ4n) is 2.04. The highest BCUT2D eigenvalue weighted by molar-refractivity contribution is 5.34. The van der Waals surface area contributed by atoms with Crippen molar-refractivity contribution in [3.63, 3.8) is 0 Å². The normalized spacial score (nSPS) is 17.0. The number of aromatic nitrogens is 2. The first-order chi connectivity index (χ1) is 8.25. The van der Waals surface area contributed by atoms with Crippen LogP contribution >= 0.6 is 0 Å². The summed E-state index contributed by atoms with van der Waals surface area (Å²) in [4.78, 5) is 0. The predicted octanol–water partition coefficient (Wildman–Crippen LogP) is 2.30. The van der Waals surface area contributed by atoms with E-state index in [-0.39, 0.29) is 5.54 Å². The Morgan fingerprint density at radius 2 is 2.00 bits per heavy atom. The van der Waals surface area contributed by atoms with E-state index in [1.165, 1.54) is 18.4 Å². The van der Waals surface area contributed by atoms with Crippen molar-refractivity contribution in [2.75, 3.05) is 0 Å². The van der Waals surface area contributed by atoms with Gasteiger partial charge in [-0.1, -0.05) is 12.1 Å². The first-order valence-electron chi connectivity index (χ1n) is 6.13. The molecule has 17 heavy (non-hydrogen) atoms. The number of hydrogen-bond donors (Lipinski definition) is 1. The SMILES string of the molecule is NC1(CCc2ccc(-n3cccn3)cc2)CC1. The summed E-state index contributed by atoms with van der Waals surface area (Å²) < 4.78 is 1.87. The van der Waals surface area contributed by atoms with Gasteiger partial charge in [0.15, 0.2) is 0 Å². The average molecular weight is 227 g/mol. The Bertz CT molecular complexity index is 481. The van der Waals surface area contributed by atoms with Crippen molar-refractivity contribution in [2.24, 2.45) is 5.73 Å². The second-order valence-corrected chi connectivity index (χ2v) is 4.98. The van der Waals surface area contributed by atoms with E-state index in [0.29, 0.717) is 0 Å². The molecular formula is C14H17N3. The minimum Gasteiger partial charge on any atom is -0.325 e. The highest BCUT2D eigenvalue weighted by Gasteiger charge is 2.37. The van der Waals surface area contributed by atoms with Crippen molar-refractivity contribution >= 4 is 0 Å². The Balaban J connectivity index is 1.67. The summed E-state index contributed by atoms with van der Waals surface area (Å²) >= 11 is 0. The maximum Gasteiger partial charge on any atom is 0.0645 e. The van der Waals surface area contributed by atoms with Gasteiger partial charge in [-0.3, -0.25) is 0 Å². The molecule has 0 radical (unpaired) electrons. The Morgan fingerprint density at radius 1 is 1.24 bits per heavy atom. The molecule has 3 heteroatoms. The molecule has 0 atom stereocenters. The third-order valence-electron chi connectivity index (χ3n) is 3.51. The molecule has 0 spiro atoms. The van der Waals surface area contributed by atoms with Gasteiger partial charge < -0.3 is 5.73 Å². The van der Waals surface area contributed by atoms with E-state index in [2.05, 4.69) is 29.4 Å². The zero-order valence-electron chi connectivity index (χ0n) is 9.84. The van der Waals surface area contributed by atoms with E-state index in [0.717, 1.165) is 18.5 Å². The molecule has 2 aromatic rings. The third-order valence-corrected chi connectivity index (χ3v) is 3.51. The van der Waals surface area contributed by atoms with Gasteiger partial charge in [-0.25, -0.2) is 4.68 Å². The van der Waals surface area contributed by atoms with Gasteiger partial charge in [-0.15, -0.1) is 0 Å². The van der Waals surface area contributed by atoms with Crippen molar-refractivity contribution in [3.05, 3.63) is 48.3 Å². The number of benzene rings is 1. The van der Waals surface area contributed by atoms with Crippen molar-refractivity contribution in [1.29, 1.82) is 0 Å². The number of nitrogens with zero attached hydrogens (tertiary/aromatic N) is 2. The molecule has 2 N–H and O–H groups in total. The second-order valence-electron chi connectivity index (χ2n) is 4.98. The van der Waals surface area contributed by atoms with E-state index >= 15 is 0 Å². The van der Waals surface area contributed by atoms with Crippen LogP contribution in [0, 0.1) is 0 Å². The Hall–Kier alpha value is -1.61. The molecule has 1 fully saturated rings. The summed E-state index contributed by atoms with van der Waals surface area (Å²) in [5, 5.41) is 4.21. The van der Waals surface area contributed by atoms with Crippen LogP contribution in [0.3, 0.4) is 0 Å². The molecule has 0 bridgehead atoms. The summed E-state index contributed by atoms with van der Waals surface area (Å²) in [6.45, 7) is 0. The monoisotopic (exact) mass is 227 g/mol. The molecule has 0 unspecified atom stereocenters. The Morgan fingerprint density at radius 3 is 2.59 bits per heavy atom. The molecule has 3 nitrogen and oxygen atoms in total. The van der Waals surface area contributed by atoms with Crippen molar-refractivity contribution in [2.45, 2.75) is 31.2 Å². The zero-order chi connectivity index (χ0) is 11.7. The van der Waals surface area contributed by atoms with E-state index in [1.807, 2.05) is 16.9 Å². The topological polar surface area (TPSA) is 43.8 Å². The fraction of sp³-hybridized carbons (Fsp3) is 0.357. The number of nitrogens with two attached hydrogens (primary N) is 1. The minimum absolute atomic E-state index is 0.153. The lowest BCUT2D eigenvalue weighted by atomic mass is 10.0. The van der Waals surface area contributed by atoms with Crippen LogP contribution < -0.4 is 5.73 Å². The van der Waals surface area contributed by atoms with Gasteiger partial charge in [0.2, 0.25) is 0 Å². The maximum absolute atomic E-state index is 6.09. The van der Waals surface area contributed by atoms with Crippen LogP contribution in [0.5, 0.6) is 0 Å². The summed E-state index contributed by atoms with van der Waals surface area (Å²) in [5.41, 5.74) is 8.70. The molecule has 0 saturated heterocycles. The van der Waals surface area contributed by atoms with Crippen molar-refractivity contribution < 1.29 is 0 Å². The molecule has 1 aliphatic rings. The van der Waals surface area contributed by atoms with Gasteiger partial charge in [0, 0.05) is 17.9 Å². The molecule has 88 valence electrons. The van der Waals surface area contributed by atoms with Crippen LogP contribution in [-0.4, -0.2) is 15.3 Å². The van der Waals surface area contributed by atoms with Gasteiger partial charge in [0.1, 0.15) is 0 Å². The van der Waals surface area contributed by atoms with Crippen LogP contribution in [0.1, 0.15) is 24.8 Å². The minimum atomic E-state index is 0.153. The largest absolute Gasteiger partial charge is 0.325 e. The summed E-state index contributed by atoms with van der Waals surface area (Å²) in [6, 6.07) is 10.5. The molecular weight excluding hydrogens is 210 g/mol. The highest BCUT2D eigenvalue weighted by atomic mass is 15.3. The standard InChI is InChI=1S/C14H17N3/c15-14(8-9-14)7-6-12-2-4-13(5-3-12)17-11-1-10-16-17/h1-5,10-11H,6-9,15H2. The molecule has 1 heterocycles. The molecule has 1 aromatic carbocycles. The van der Waals surface area contributed by atoms with E-state index in [4.69, 9.17) is 5.73 Å². The number of aryl methyl sites for hydroxylation is 1. The quantitative estimate of drug-likeness (QED) is 0.871. The first kappa shape index (κ1) is 10.5. The predicted molar refractivity (Wildman–Crippen MR) is 68.0 cm³/mol. The third kappa shape index (κ3) is 2.39. The fourth-order valence-corrected chi connectivity index (χ4v) is 2.04. The molecule has 0 amide bonds. The summed E-state index contributed by atoms with van der Waals surface area (Å²) in [5.74, 6) is 0. The van der Waals surface area contributed by atoms with E-state index in [1.54, 1.807) is 6.20 Å². The van der Waals surface area contributed by atoms with Crippen molar-refractivity contribution in [3.8, 4) is 5.69 Å². The molecule has 3 rings (SSSR count). The zero-order valence-corrected chi connectivity index (χ0v) is 9.84. The van der Waals surface area contributed by atoms with Crippen LogP contribution in [0.15, 0.2) is 42.7 Å². The molecule has 1 saturated carbocycles. The Kier molecular flexibility index (Phi) is 2.48. The van der Waals surface area contributed by atoms with E-state index in [9.17, 15) is 0 Å². The lowest BCUT2D eigenvalue weighted by Crippen LogP contribution is -2.22. The van der Waals surface area contributed by atoms with Gasteiger partial charge in [-0.05, 0) is 49.4 Å². The highest BCUT2D eigenvalue weighted by Crippen LogP contribution is 2.36. The van der Waals surface area contributed by atoms with Gasteiger partial charge in [0.05, 0.1) is 5.69 Å². The van der Waals surface area contributed by atoms with Crippen LogP contribution in [0.4, 0.5) is 0 Å². The van der Waals surface area contributed by atoms with Crippen LogP contribution in [0.2, 0.25) is 0 Å². The van der Waals surface area contributed by atoms with Crippen LogP contribution in [-0.2, 0) is 6.42 Å². The first-order valence-corrected chi connectivity index (χ1v) is 6.13. The van der Waals surface area contributed by atoms with E-state index < -0.39 is 0 Å². The van der Waals surface area contributed by atoms with Gasteiger partial charge >= 0.3 is 0 Å². The lowest BCUT2D eigenvalue weighted by Gasteiger charge is -2.08. The smallest absolute Gasteiger partial charge is 0.0645 e. The van der Waals surface area contributed by atoms with Gasteiger partial charge in [0.25, 0.3) is 0 Å². The number of hydrogen-bond acceptors (Lipinski definition) is 2. The van der Waals surface area contributed by atoms with Crippen LogP contribution in [0.25, 0.3) is 5.69 Å². The summed E-state index contributed by atoms with van der Waals surface area (Å²) in [6.07, 6.45) is 8.31. The Labute approximate surface area is 101 Å².